The molecule has 0 heterocycles. The van der Waals surface area contributed by atoms with Gasteiger partial charge in [-0.25, -0.2) is 0 Å². The van der Waals surface area contributed by atoms with E-state index in [4.69, 9.17) is 5.73 Å². The molecule has 0 atom stereocenters. The Morgan fingerprint density at radius 3 is 2.12 bits per heavy atom. The lowest BCUT2D eigenvalue weighted by Gasteiger charge is -2.16. The van der Waals surface area contributed by atoms with E-state index in [1.165, 1.54) is 49.0 Å². The Hall–Kier alpha value is -2.90. The Morgan fingerprint density at radius 2 is 1.29 bits per heavy atom. The zero-order valence-electron chi connectivity index (χ0n) is 13.3. The summed E-state index contributed by atoms with van der Waals surface area (Å²) in [7, 11) is 0. The molecule has 0 saturated carbocycles. The van der Waals surface area contributed by atoms with E-state index in [0.717, 1.165) is 0 Å². The molecule has 5 rings (SSSR count). The molecule has 5 aromatic carbocycles. The van der Waals surface area contributed by atoms with E-state index in [0.29, 0.717) is 6.54 Å². The second-order valence-corrected chi connectivity index (χ2v) is 6.33. The average molecular weight is 307 g/mol. The molecule has 0 aliphatic carbocycles. The van der Waals surface area contributed by atoms with E-state index >= 15 is 0 Å². The molecule has 0 aliphatic heterocycles. The highest BCUT2D eigenvalue weighted by atomic mass is 14.5. The zero-order valence-corrected chi connectivity index (χ0v) is 13.3. The van der Waals surface area contributed by atoms with E-state index in [9.17, 15) is 0 Å². The van der Waals surface area contributed by atoms with Crippen LogP contribution in [0.4, 0.5) is 0 Å². The minimum atomic E-state index is 0.551. The van der Waals surface area contributed by atoms with Crippen LogP contribution in [0.25, 0.3) is 43.4 Å². The number of rotatable bonds is 2. The molecule has 0 bridgehead atoms. The summed E-state index contributed by atoms with van der Waals surface area (Å²) >= 11 is 0. The molecule has 0 saturated heterocycles. The summed E-state index contributed by atoms with van der Waals surface area (Å²) in [6, 6.07) is 28.4. The van der Waals surface area contributed by atoms with Gasteiger partial charge < -0.3 is 5.73 Å². The Balaban J connectivity index is 2.03. The molecular formula is C23H17N. The van der Waals surface area contributed by atoms with E-state index in [1.54, 1.807) is 0 Å². The van der Waals surface area contributed by atoms with Crippen LogP contribution in [0.3, 0.4) is 0 Å². The first kappa shape index (κ1) is 13.5. The zero-order chi connectivity index (χ0) is 16.1. The minimum absolute atomic E-state index is 0.551. The van der Waals surface area contributed by atoms with Crippen LogP contribution in [0.2, 0.25) is 0 Å². The van der Waals surface area contributed by atoms with Gasteiger partial charge in [0.25, 0.3) is 0 Å². The summed E-state index contributed by atoms with van der Waals surface area (Å²) in [6.07, 6.45) is 0. The normalized spacial score (nSPS) is 11.7. The van der Waals surface area contributed by atoms with Gasteiger partial charge in [-0.05, 0) is 55.1 Å². The van der Waals surface area contributed by atoms with Crippen LogP contribution < -0.4 is 5.73 Å². The summed E-state index contributed by atoms with van der Waals surface area (Å²) < 4.78 is 0. The van der Waals surface area contributed by atoms with Crippen molar-refractivity contribution in [2.75, 3.05) is 0 Å². The van der Waals surface area contributed by atoms with Gasteiger partial charge in [-0.15, -0.1) is 0 Å². The molecule has 0 spiro atoms. The second kappa shape index (κ2) is 5.05. The van der Waals surface area contributed by atoms with Gasteiger partial charge in [0.2, 0.25) is 0 Å². The van der Waals surface area contributed by atoms with Crippen molar-refractivity contribution in [3.63, 3.8) is 0 Å². The van der Waals surface area contributed by atoms with E-state index < -0.39 is 0 Å². The highest BCUT2D eigenvalue weighted by molar-refractivity contribution is 6.26. The molecule has 24 heavy (non-hydrogen) atoms. The van der Waals surface area contributed by atoms with Crippen LogP contribution in [-0.2, 0) is 6.54 Å². The van der Waals surface area contributed by atoms with Crippen molar-refractivity contribution in [2.45, 2.75) is 6.54 Å². The Kier molecular flexibility index (Phi) is 2.85. The van der Waals surface area contributed by atoms with Crippen LogP contribution in [0.15, 0.2) is 78.9 Å². The fraction of sp³-hybridized carbons (Fsp3) is 0.0435. The van der Waals surface area contributed by atoms with Crippen molar-refractivity contribution in [2.24, 2.45) is 5.73 Å². The van der Waals surface area contributed by atoms with Crippen LogP contribution in [0, 0.1) is 0 Å². The van der Waals surface area contributed by atoms with Gasteiger partial charge in [-0.3, -0.25) is 0 Å². The molecule has 0 aliphatic rings. The topological polar surface area (TPSA) is 26.0 Å². The molecule has 0 amide bonds. The minimum Gasteiger partial charge on any atom is -0.326 e. The van der Waals surface area contributed by atoms with E-state index in [1.807, 2.05) is 0 Å². The van der Waals surface area contributed by atoms with E-state index in [-0.39, 0.29) is 0 Å². The molecule has 5 aromatic rings. The largest absolute Gasteiger partial charge is 0.326 e. The second-order valence-electron chi connectivity index (χ2n) is 6.33. The van der Waals surface area contributed by atoms with Gasteiger partial charge in [0.15, 0.2) is 0 Å². The summed E-state index contributed by atoms with van der Waals surface area (Å²) in [5.74, 6) is 0. The number of benzene rings is 5. The lowest BCUT2D eigenvalue weighted by atomic mass is 9.88. The summed E-state index contributed by atoms with van der Waals surface area (Å²) in [4.78, 5) is 0. The van der Waals surface area contributed by atoms with Gasteiger partial charge in [0.05, 0.1) is 0 Å². The van der Waals surface area contributed by atoms with Gasteiger partial charge in [-0.2, -0.15) is 0 Å². The van der Waals surface area contributed by atoms with Crippen molar-refractivity contribution in [3.05, 3.63) is 84.4 Å². The molecular weight excluding hydrogens is 290 g/mol. The van der Waals surface area contributed by atoms with Crippen molar-refractivity contribution in [1.82, 2.24) is 0 Å². The summed E-state index contributed by atoms with van der Waals surface area (Å²) in [5.41, 5.74) is 9.69. The highest BCUT2D eigenvalue weighted by Gasteiger charge is 2.13. The maximum Gasteiger partial charge on any atom is 0.0184 e. The fourth-order valence-electron chi connectivity index (χ4n) is 3.95. The first-order chi connectivity index (χ1) is 11.9. The quantitative estimate of drug-likeness (QED) is 0.415. The molecule has 114 valence electrons. The molecule has 1 heteroatoms. The average Bonchev–Trinajstić information content (AvgIpc) is 2.66. The Morgan fingerprint density at radius 1 is 0.583 bits per heavy atom. The van der Waals surface area contributed by atoms with Gasteiger partial charge in [0, 0.05) is 6.54 Å². The summed E-state index contributed by atoms with van der Waals surface area (Å²) in [6.45, 7) is 0.551. The molecule has 0 aromatic heterocycles. The van der Waals surface area contributed by atoms with E-state index in [2.05, 4.69) is 78.9 Å². The first-order valence-electron chi connectivity index (χ1n) is 8.32. The van der Waals surface area contributed by atoms with Crippen molar-refractivity contribution in [3.8, 4) is 11.1 Å². The maximum atomic E-state index is 6.00. The molecule has 0 unspecified atom stereocenters. The Labute approximate surface area is 140 Å². The fourth-order valence-corrected chi connectivity index (χ4v) is 3.95. The number of hydrogen-bond donors (Lipinski definition) is 1. The van der Waals surface area contributed by atoms with Crippen LogP contribution in [0.5, 0.6) is 0 Å². The smallest absolute Gasteiger partial charge is 0.0184 e. The van der Waals surface area contributed by atoms with Gasteiger partial charge in [-0.1, -0.05) is 72.8 Å². The standard InChI is InChI=1S/C23H17N/c24-14-18-5-1-2-9-19(18)21-13-17-8-3-6-15-11-12-16-7-4-10-20(21)23(16)22(15)17/h1-13H,14,24H2. The predicted molar refractivity (Wildman–Crippen MR) is 103 cm³/mol. The van der Waals surface area contributed by atoms with Crippen molar-refractivity contribution >= 4 is 32.3 Å². The number of hydrogen-bond acceptors (Lipinski definition) is 1. The number of nitrogens with two attached hydrogens (primary N) is 1. The van der Waals surface area contributed by atoms with Crippen LogP contribution in [-0.4, -0.2) is 0 Å². The van der Waals surface area contributed by atoms with Crippen molar-refractivity contribution in [1.29, 1.82) is 0 Å². The molecule has 1 nitrogen and oxygen atoms in total. The lowest BCUT2D eigenvalue weighted by molar-refractivity contribution is 1.07. The molecule has 0 fully saturated rings. The maximum absolute atomic E-state index is 6.00. The highest BCUT2D eigenvalue weighted by Crippen LogP contribution is 2.40. The SMILES string of the molecule is NCc1ccccc1-c1cc2cccc3ccc4cccc1c4c32. The first-order valence-corrected chi connectivity index (χ1v) is 8.32. The van der Waals surface area contributed by atoms with Gasteiger partial charge in [0.1, 0.15) is 0 Å². The Bertz CT molecular complexity index is 1190. The summed E-state index contributed by atoms with van der Waals surface area (Å²) in [5, 5.41) is 7.91. The van der Waals surface area contributed by atoms with Crippen LogP contribution in [0.1, 0.15) is 5.56 Å². The van der Waals surface area contributed by atoms with Gasteiger partial charge >= 0.3 is 0 Å². The molecule has 2 N–H and O–H groups in total. The lowest BCUT2D eigenvalue weighted by Crippen LogP contribution is -1.99. The van der Waals surface area contributed by atoms with Crippen LogP contribution >= 0.6 is 0 Å². The van der Waals surface area contributed by atoms with Crippen molar-refractivity contribution < 1.29 is 0 Å². The predicted octanol–water partition coefficient (Wildman–Crippen LogP) is 5.71. The third-order valence-electron chi connectivity index (χ3n) is 5.04. The molecule has 0 radical (unpaired) electrons. The third-order valence-corrected chi connectivity index (χ3v) is 5.04. The monoisotopic (exact) mass is 307 g/mol. The third kappa shape index (κ3) is 1.79.